The number of fused-ring (bicyclic) bond motifs is 1. The van der Waals surface area contributed by atoms with Gasteiger partial charge in [-0.3, -0.25) is 0 Å². The van der Waals surface area contributed by atoms with E-state index >= 15 is 0 Å². The predicted molar refractivity (Wildman–Crippen MR) is 59.0 cm³/mol. The lowest BCUT2D eigenvalue weighted by Crippen LogP contribution is -2.41. The van der Waals surface area contributed by atoms with Crippen molar-refractivity contribution in [1.82, 2.24) is 0 Å². The summed E-state index contributed by atoms with van der Waals surface area (Å²) in [6, 6.07) is 0. The van der Waals surface area contributed by atoms with Crippen LogP contribution in [-0.2, 0) is 0 Å². The molecule has 14 heavy (non-hydrogen) atoms. The van der Waals surface area contributed by atoms with Gasteiger partial charge in [0.05, 0.1) is 0 Å². The molecule has 0 aromatic heterocycles. The van der Waals surface area contributed by atoms with Crippen LogP contribution in [-0.4, -0.2) is 11.7 Å². The highest BCUT2D eigenvalue weighted by Crippen LogP contribution is 2.48. The molecule has 1 N–H and O–H groups in total. The topological polar surface area (TPSA) is 20.2 Å². The van der Waals surface area contributed by atoms with Gasteiger partial charge in [0, 0.05) is 6.61 Å². The number of hydrogen-bond donors (Lipinski definition) is 1. The third kappa shape index (κ3) is 1.71. The van der Waals surface area contributed by atoms with Crippen LogP contribution in [0.25, 0.3) is 0 Å². The average molecular weight is 196 g/mol. The van der Waals surface area contributed by atoms with Crippen molar-refractivity contribution in [2.24, 2.45) is 29.6 Å². The van der Waals surface area contributed by atoms with Crippen molar-refractivity contribution in [3.63, 3.8) is 0 Å². The molecule has 0 heterocycles. The molecule has 0 radical (unpaired) electrons. The van der Waals surface area contributed by atoms with Crippen molar-refractivity contribution < 1.29 is 5.11 Å². The second kappa shape index (κ2) is 4.22. The second-order valence-electron chi connectivity index (χ2n) is 5.65. The lowest BCUT2D eigenvalue weighted by molar-refractivity contribution is -0.00853. The summed E-state index contributed by atoms with van der Waals surface area (Å²) in [6.07, 6.45) is 6.97. The summed E-state index contributed by atoms with van der Waals surface area (Å²) in [5, 5.41) is 9.49. The maximum atomic E-state index is 9.49. The molecule has 1 nitrogen and oxygen atoms in total. The third-order valence-electron chi connectivity index (χ3n) is 4.84. The monoisotopic (exact) mass is 196 g/mol. The van der Waals surface area contributed by atoms with Crippen LogP contribution in [0.5, 0.6) is 0 Å². The third-order valence-corrected chi connectivity index (χ3v) is 4.84. The molecule has 0 aliphatic heterocycles. The molecule has 0 spiro atoms. The molecule has 1 heteroatoms. The van der Waals surface area contributed by atoms with E-state index in [1.807, 2.05) is 0 Å². The molecule has 2 saturated carbocycles. The quantitative estimate of drug-likeness (QED) is 0.683. The minimum absolute atomic E-state index is 0.426. The summed E-state index contributed by atoms with van der Waals surface area (Å²) in [5.41, 5.74) is 0. The van der Waals surface area contributed by atoms with E-state index in [0.717, 1.165) is 23.7 Å². The molecular formula is C13H24O. The normalized spacial score (nSPS) is 48.6. The van der Waals surface area contributed by atoms with Crippen molar-refractivity contribution in [2.45, 2.75) is 46.0 Å². The minimum atomic E-state index is 0.426. The van der Waals surface area contributed by atoms with Crippen LogP contribution in [0, 0.1) is 29.6 Å². The molecule has 2 aliphatic rings. The Labute approximate surface area is 87.9 Å². The van der Waals surface area contributed by atoms with Crippen LogP contribution >= 0.6 is 0 Å². The highest BCUT2D eigenvalue weighted by Gasteiger charge is 2.41. The fourth-order valence-corrected chi connectivity index (χ4v) is 4.10. The van der Waals surface area contributed by atoms with Gasteiger partial charge in [-0.25, -0.2) is 0 Å². The summed E-state index contributed by atoms with van der Waals surface area (Å²) in [4.78, 5) is 0. The first-order valence-corrected chi connectivity index (χ1v) is 6.35. The van der Waals surface area contributed by atoms with Gasteiger partial charge in [0.25, 0.3) is 0 Å². The van der Waals surface area contributed by atoms with Crippen LogP contribution < -0.4 is 0 Å². The molecule has 0 saturated heterocycles. The zero-order chi connectivity index (χ0) is 10.1. The van der Waals surface area contributed by atoms with E-state index in [0.29, 0.717) is 12.5 Å². The van der Waals surface area contributed by atoms with E-state index in [1.54, 1.807) is 0 Å². The highest BCUT2D eigenvalue weighted by atomic mass is 16.3. The molecule has 82 valence electrons. The number of rotatable bonds is 1. The van der Waals surface area contributed by atoms with Crippen LogP contribution in [0.1, 0.15) is 46.0 Å². The zero-order valence-electron chi connectivity index (χ0n) is 9.58. The number of aliphatic hydroxyl groups excluding tert-OH is 1. The zero-order valence-corrected chi connectivity index (χ0v) is 9.58. The number of aliphatic hydroxyl groups is 1. The van der Waals surface area contributed by atoms with Crippen molar-refractivity contribution >= 4 is 0 Å². The Hall–Kier alpha value is -0.0400. The van der Waals surface area contributed by atoms with Gasteiger partial charge in [-0.2, -0.15) is 0 Å². The molecule has 0 amide bonds. The van der Waals surface area contributed by atoms with Gasteiger partial charge < -0.3 is 5.11 Å². The maximum Gasteiger partial charge on any atom is 0.0464 e. The maximum absolute atomic E-state index is 9.49. The van der Waals surface area contributed by atoms with Gasteiger partial charge in [-0.1, -0.05) is 26.7 Å². The smallest absolute Gasteiger partial charge is 0.0464 e. The fraction of sp³-hybridized carbons (Fsp3) is 1.00. The molecule has 2 aliphatic carbocycles. The van der Waals surface area contributed by atoms with Gasteiger partial charge in [0.15, 0.2) is 0 Å². The Balaban J connectivity index is 2.11. The van der Waals surface area contributed by atoms with E-state index in [4.69, 9.17) is 0 Å². The Morgan fingerprint density at radius 2 is 1.64 bits per heavy atom. The minimum Gasteiger partial charge on any atom is -0.396 e. The van der Waals surface area contributed by atoms with Crippen LogP contribution in [0.3, 0.4) is 0 Å². The molecule has 2 fully saturated rings. The summed E-state index contributed by atoms with van der Waals surface area (Å²) in [6.45, 7) is 5.18. The Morgan fingerprint density at radius 1 is 1.00 bits per heavy atom. The lowest BCUT2D eigenvalue weighted by Gasteiger charge is -2.47. The van der Waals surface area contributed by atoms with Gasteiger partial charge in [0.1, 0.15) is 0 Å². The van der Waals surface area contributed by atoms with Crippen LogP contribution in [0.4, 0.5) is 0 Å². The van der Waals surface area contributed by atoms with E-state index in [9.17, 15) is 5.11 Å². The van der Waals surface area contributed by atoms with Crippen LogP contribution in [0.2, 0.25) is 0 Å². The summed E-state index contributed by atoms with van der Waals surface area (Å²) in [7, 11) is 0. The van der Waals surface area contributed by atoms with Crippen molar-refractivity contribution in [1.29, 1.82) is 0 Å². The SMILES string of the molecule is CC1C[C@@H](C)C(CO)C2CCCCC12. The second-order valence-corrected chi connectivity index (χ2v) is 5.65. The molecule has 0 aromatic carbocycles. The molecule has 4 unspecified atom stereocenters. The van der Waals surface area contributed by atoms with E-state index in [2.05, 4.69) is 13.8 Å². The Morgan fingerprint density at radius 3 is 2.29 bits per heavy atom. The van der Waals surface area contributed by atoms with Crippen molar-refractivity contribution in [3.8, 4) is 0 Å². The van der Waals surface area contributed by atoms with Crippen molar-refractivity contribution in [2.75, 3.05) is 6.61 Å². The fourth-order valence-electron chi connectivity index (χ4n) is 4.10. The van der Waals surface area contributed by atoms with Gasteiger partial charge in [0.2, 0.25) is 0 Å². The molecule has 0 aromatic rings. The largest absolute Gasteiger partial charge is 0.396 e. The molecule has 2 rings (SSSR count). The highest BCUT2D eigenvalue weighted by molar-refractivity contribution is 4.90. The van der Waals surface area contributed by atoms with E-state index < -0.39 is 0 Å². The standard InChI is InChI=1S/C13H24O/c1-9-7-10(2)13(8-14)12-6-4-3-5-11(9)12/h9-14H,3-8H2,1-2H3/t9?,10-,11?,12?,13?/m1/s1. The van der Waals surface area contributed by atoms with Crippen LogP contribution in [0.15, 0.2) is 0 Å². The Bertz CT molecular complexity index is 180. The van der Waals surface area contributed by atoms with Gasteiger partial charge in [-0.05, 0) is 48.9 Å². The molecular weight excluding hydrogens is 172 g/mol. The van der Waals surface area contributed by atoms with Gasteiger partial charge in [-0.15, -0.1) is 0 Å². The molecule has 5 atom stereocenters. The predicted octanol–water partition coefficient (Wildman–Crippen LogP) is 3.08. The average Bonchev–Trinajstić information content (AvgIpc) is 2.18. The number of hydrogen-bond acceptors (Lipinski definition) is 1. The first kappa shape index (κ1) is 10.5. The first-order chi connectivity index (χ1) is 6.74. The summed E-state index contributed by atoms with van der Waals surface area (Å²) in [5.74, 6) is 4.02. The molecule has 0 bridgehead atoms. The lowest BCUT2D eigenvalue weighted by atomic mass is 9.58. The Kier molecular flexibility index (Phi) is 3.16. The first-order valence-electron chi connectivity index (χ1n) is 6.35. The van der Waals surface area contributed by atoms with E-state index in [1.165, 1.54) is 32.1 Å². The van der Waals surface area contributed by atoms with Crippen molar-refractivity contribution in [3.05, 3.63) is 0 Å². The summed E-state index contributed by atoms with van der Waals surface area (Å²) >= 11 is 0. The summed E-state index contributed by atoms with van der Waals surface area (Å²) < 4.78 is 0. The van der Waals surface area contributed by atoms with E-state index in [-0.39, 0.29) is 0 Å². The van der Waals surface area contributed by atoms with Gasteiger partial charge >= 0.3 is 0 Å².